The van der Waals surface area contributed by atoms with Crippen LogP contribution in [0.5, 0.6) is 0 Å². The number of nitrogens with one attached hydrogen (secondary N) is 1. The fourth-order valence-corrected chi connectivity index (χ4v) is 6.24. The summed E-state index contributed by atoms with van der Waals surface area (Å²) in [5, 5.41) is 14.6. The summed E-state index contributed by atoms with van der Waals surface area (Å²) in [6, 6.07) is 11.9. The van der Waals surface area contributed by atoms with Gasteiger partial charge < -0.3 is 14.6 Å². The first-order valence-corrected chi connectivity index (χ1v) is 14.0. The molecular weight excluding hydrogens is 514 g/mol. The van der Waals surface area contributed by atoms with Crippen molar-refractivity contribution in [2.24, 2.45) is 0 Å². The molecule has 2 aromatic heterocycles. The van der Waals surface area contributed by atoms with Crippen LogP contribution >= 0.6 is 11.6 Å². The molecule has 204 valence electrons. The number of halogens is 1. The van der Waals surface area contributed by atoms with Crippen molar-refractivity contribution >= 4 is 28.2 Å². The molecule has 2 saturated heterocycles. The number of fused-ring (bicyclic) bond motifs is 1. The van der Waals surface area contributed by atoms with Crippen LogP contribution in [0.3, 0.4) is 0 Å². The van der Waals surface area contributed by atoms with Crippen LogP contribution in [0.1, 0.15) is 47.0 Å². The van der Waals surface area contributed by atoms with E-state index in [1.807, 2.05) is 29.8 Å². The zero-order valence-corrected chi connectivity index (χ0v) is 23.4. The number of rotatable bonds is 6. The van der Waals surface area contributed by atoms with E-state index in [2.05, 4.69) is 62.4 Å². The Morgan fingerprint density at radius 1 is 1.08 bits per heavy atom. The minimum Gasteiger partial charge on any atom is -0.376 e. The second-order valence-electron chi connectivity index (χ2n) is 10.8. The predicted octanol–water partition coefficient (Wildman–Crippen LogP) is 4.18. The third kappa shape index (κ3) is 5.18. The number of aromatic amines is 1. The molecule has 2 fully saturated rings. The molecule has 0 amide bonds. The lowest BCUT2D eigenvalue weighted by Gasteiger charge is -2.40. The third-order valence-corrected chi connectivity index (χ3v) is 8.25. The van der Waals surface area contributed by atoms with Crippen LogP contribution in [0.25, 0.3) is 10.9 Å². The number of aromatic nitrogens is 5. The third-order valence-electron chi connectivity index (χ3n) is 8.01. The van der Waals surface area contributed by atoms with Gasteiger partial charge in [-0.05, 0) is 84.8 Å². The second-order valence-corrected chi connectivity index (χ2v) is 11.2. The van der Waals surface area contributed by atoms with Crippen molar-refractivity contribution < 1.29 is 4.74 Å². The molecular formula is C29H34ClN7O2. The molecule has 0 radical (unpaired) electrons. The van der Waals surface area contributed by atoms with Gasteiger partial charge in [-0.1, -0.05) is 29.3 Å². The zero-order chi connectivity index (χ0) is 27.1. The molecule has 2 aromatic carbocycles. The minimum atomic E-state index is -0.391. The normalized spacial score (nSPS) is 19.2. The highest BCUT2D eigenvalue weighted by atomic mass is 35.5. The van der Waals surface area contributed by atoms with Crippen LogP contribution < -0.4 is 10.5 Å². The van der Waals surface area contributed by atoms with E-state index in [9.17, 15) is 4.79 Å². The molecule has 4 heterocycles. The van der Waals surface area contributed by atoms with Crippen LogP contribution in [-0.2, 0) is 11.3 Å². The Morgan fingerprint density at radius 2 is 1.90 bits per heavy atom. The molecule has 2 atom stereocenters. The summed E-state index contributed by atoms with van der Waals surface area (Å²) in [5.41, 5.74) is 5.97. The number of H-pyrrole nitrogens is 1. The van der Waals surface area contributed by atoms with E-state index < -0.39 is 6.04 Å². The quantitative estimate of drug-likeness (QED) is 0.387. The molecule has 1 N–H and O–H groups in total. The molecule has 4 aromatic rings. The van der Waals surface area contributed by atoms with E-state index in [1.165, 1.54) is 5.56 Å². The molecule has 0 bridgehead atoms. The molecule has 2 aliphatic heterocycles. The molecule has 9 nitrogen and oxygen atoms in total. The van der Waals surface area contributed by atoms with Gasteiger partial charge in [0.05, 0.1) is 18.2 Å². The maximum atomic E-state index is 13.7. The first-order chi connectivity index (χ1) is 18.9. The maximum absolute atomic E-state index is 13.7. The zero-order valence-electron chi connectivity index (χ0n) is 22.7. The fourth-order valence-electron chi connectivity index (χ4n) is 6.07. The lowest BCUT2D eigenvalue weighted by Crippen LogP contribution is -2.49. The van der Waals surface area contributed by atoms with E-state index in [0.29, 0.717) is 17.9 Å². The number of nitrogens with zero attached hydrogens (tertiary/aromatic N) is 6. The Labute approximate surface area is 232 Å². The average Bonchev–Trinajstić information content (AvgIpc) is 3.60. The van der Waals surface area contributed by atoms with Crippen molar-refractivity contribution in [2.75, 3.05) is 37.7 Å². The van der Waals surface area contributed by atoms with Gasteiger partial charge in [-0.2, -0.15) is 0 Å². The summed E-state index contributed by atoms with van der Waals surface area (Å²) in [4.78, 5) is 21.5. The van der Waals surface area contributed by atoms with E-state index in [1.54, 1.807) is 0 Å². The summed E-state index contributed by atoms with van der Waals surface area (Å²) >= 11 is 6.33. The maximum Gasteiger partial charge on any atom is 0.253 e. The SMILES string of the molecule is Cc1cc(C)c2[nH]c(=O)c([C@@H](c3nnnn3C[C@H]3CCCO3)N3CCN(c4cc(Cl)ccc4C)CC3)cc2c1. The lowest BCUT2D eigenvalue weighted by molar-refractivity contribution is 0.0906. The molecule has 0 aliphatic carbocycles. The van der Waals surface area contributed by atoms with Crippen LogP contribution in [0, 0.1) is 20.8 Å². The second kappa shape index (κ2) is 10.7. The average molecular weight is 548 g/mol. The number of hydrogen-bond acceptors (Lipinski definition) is 7. The van der Waals surface area contributed by atoms with Crippen LogP contribution in [0.4, 0.5) is 5.69 Å². The summed E-state index contributed by atoms with van der Waals surface area (Å²) in [7, 11) is 0. The molecule has 0 saturated carbocycles. The first kappa shape index (κ1) is 26.0. The van der Waals surface area contributed by atoms with Gasteiger partial charge in [-0.3, -0.25) is 9.69 Å². The van der Waals surface area contributed by atoms with Gasteiger partial charge in [-0.15, -0.1) is 5.10 Å². The lowest BCUT2D eigenvalue weighted by atomic mass is 10.00. The summed E-state index contributed by atoms with van der Waals surface area (Å²) in [6.07, 6.45) is 2.10. The van der Waals surface area contributed by atoms with Crippen LogP contribution in [0.15, 0.2) is 41.2 Å². The Balaban J connectivity index is 1.38. The number of aryl methyl sites for hydroxylation is 3. The van der Waals surface area contributed by atoms with Gasteiger partial charge in [0, 0.05) is 49.1 Å². The topological polar surface area (TPSA) is 92.2 Å². The molecule has 2 aliphatic rings. The smallest absolute Gasteiger partial charge is 0.253 e. The highest BCUT2D eigenvalue weighted by molar-refractivity contribution is 6.30. The van der Waals surface area contributed by atoms with Crippen molar-refractivity contribution in [1.29, 1.82) is 0 Å². The monoisotopic (exact) mass is 547 g/mol. The van der Waals surface area contributed by atoms with Crippen molar-refractivity contribution in [3.8, 4) is 0 Å². The fraction of sp³-hybridized carbons (Fsp3) is 0.448. The Hall–Kier alpha value is -3.27. The Bertz CT molecular complexity index is 1550. The van der Waals surface area contributed by atoms with E-state index in [4.69, 9.17) is 16.3 Å². The number of pyridine rings is 1. The standard InChI is InChI=1S/C29H34ClN7O2/c1-18-13-20(3)26-21(14-18)15-24(29(38)31-26)27(28-32-33-34-37(28)17-23-5-4-12-39-23)36-10-8-35(9-11-36)25-16-22(30)7-6-19(25)2/h6-7,13-16,23,27H,4-5,8-12,17H2,1-3H3,(H,31,38)/t23-,27+/m1/s1. The number of ether oxygens (including phenoxy) is 1. The van der Waals surface area contributed by atoms with Gasteiger partial charge in [-0.25, -0.2) is 4.68 Å². The van der Waals surface area contributed by atoms with Gasteiger partial charge in [0.15, 0.2) is 5.82 Å². The molecule has 6 rings (SSSR count). The van der Waals surface area contributed by atoms with E-state index in [0.717, 1.165) is 78.4 Å². The molecule has 10 heteroatoms. The van der Waals surface area contributed by atoms with E-state index in [-0.39, 0.29) is 11.7 Å². The van der Waals surface area contributed by atoms with Gasteiger partial charge in [0.1, 0.15) is 6.04 Å². The first-order valence-electron chi connectivity index (χ1n) is 13.6. The molecule has 0 spiro atoms. The van der Waals surface area contributed by atoms with Crippen LogP contribution in [-0.4, -0.2) is 69.0 Å². The summed E-state index contributed by atoms with van der Waals surface area (Å²) < 4.78 is 7.72. The van der Waals surface area contributed by atoms with E-state index >= 15 is 0 Å². The summed E-state index contributed by atoms with van der Waals surface area (Å²) in [5.74, 6) is 0.673. The van der Waals surface area contributed by atoms with Gasteiger partial charge in [0.2, 0.25) is 0 Å². The minimum absolute atomic E-state index is 0.0794. The molecule has 0 unspecified atom stereocenters. The predicted molar refractivity (Wildman–Crippen MR) is 153 cm³/mol. The Morgan fingerprint density at radius 3 is 2.67 bits per heavy atom. The largest absolute Gasteiger partial charge is 0.376 e. The summed E-state index contributed by atoms with van der Waals surface area (Å²) in [6.45, 7) is 10.6. The number of tetrazole rings is 1. The number of piperazine rings is 1. The van der Waals surface area contributed by atoms with Crippen LogP contribution in [0.2, 0.25) is 5.02 Å². The van der Waals surface area contributed by atoms with Crippen molar-refractivity contribution in [3.63, 3.8) is 0 Å². The van der Waals surface area contributed by atoms with Crippen molar-refractivity contribution in [1.82, 2.24) is 30.1 Å². The molecule has 39 heavy (non-hydrogen) atoms. The highest BCUT2D eigenvalue weighted by Crippen LogP contribution is 2.31. The van der Waals surface area contributed by atoms with Gasteiger partial charge in [0.25, 0.3) is 5.56 Å². The Kier molecular flexibility index (Phi) is 7.14. The number of hydrogen-bond donors (Lipinski definition) is 1. The van der Waals surface area contributed by atoms with Gasteiger partial charge >= 0.3 is 0 Å². The van der Waals surface area contributed by atoms with Crippen molar-refractivity contribution in [2.45, 2.75) is 52.3 Å². The number of benzene rings is 2. The van der Waals surface area contributed by atoms with Crippen molar-refractivity contribution in [3.05, 3.63) is 79.9 Å². The number of anilines is 1. The highest BCUT2D eigenvalue weighted by Gasteiger charge is 2.34.